The zero-order valence-corrected chi connectivity index (χ0v) is 16.3. The van der Waals surface area contributed by atoms with Gasteiger partial charge in [0.15, 0.2) is 0 Å². The molecular weight excluding hydrogens is 405 g/mol. The molecule has 1 aliphatic heterocycles. The van der Waals surface area contributed by atoms with Crippen LogP contribution in [0.3, 0.4) is 0 Å². The van der Waals surface area contributed by atoms with E-state index in [1.807, 2.05) is 19.1 Å². The van der Waals surface area contributed by atoms with Crippen molar-refractivity contribution in [3.8, 4) is 17.6 Å². The molecule has 29 heavy (non-hydrogen) atoms. The Morgan fingerprint density at radius 3 is 2.52 bits per heavy atom. The highest BCUT2D eigenvalue weighted by atomic mass is 35.5. The maximum atomic E-state index is 13.5. The number of halogens is 4. The van der Waals surface area contributed by atoms with Crippen molar-refractivity contribution in [3.63, 3.8) is 0 Å². The summed E-state index contributed by atoms with van der Waals surface area (Å²) in [6.45, 7) is 3.38. The van der Waals surface area contributed by atoms with Gasteiger partial charge in [-0.25, -0.2) is 4.79 Å². The van der Waals surface area contributed by atoms with Crippen LogP contribution in [0.25, 0.3) is 6.08 Å². The fourth-order valence-corrected chi connectivity index (χ4v) is 3.00. The molecule has 0 aliphatic carbocycles. The van der Waals surface area contributed by atoms with Crippen LogP contribution in [0.4, 0.5) is 13.2 Å². The molecule has 3 rings (SSSR count). The lowest BCUT2D eigenvalue weighted by atomic mass is 9.98. The SMILES string of the molecule is CCOC(=O)C1=Cc2cc(Cl)cc(C#Cc3ccc(C)cc3)c2OC1C(F)(F)F. The van der Waals surface area contributed by atoms with Crippen molar-refractivity contribution in [1.82, 2.24) is 0 Å². The average Bonchev–Trinajstić information content (AvgIpc) is 2.65. The predicted molar refractivity (Wildman–Crippen MR) is 104 cm³/mol. The molecule has 2 aromatic rings. The molecule has 0 N–H and O–H groups in total. The van der Waals surface area contributed by atoms with E-state index in [2.05, 4.69) is 11.8 Å². The molecule has 1 unspecified atom stereocenters. The van der Waals surface area contributed by atoms with E-state index in [1.165, 1.54) is 19.1 Å². The third kappa shape index (κ3) is 4.75. The Hall–Kier alpha value is -2.91. The molecule has 7 heteroatoms. The van der Waals surface area contributed by atoms with Gasteiger partial charge in [0.05, 0.1) is 17.7 Å². The Morgan fingerprint density at radius 2 is 1.90 bits per heavy atom. The van der Waals surface area contributed by atoms with Crippen LogP contribution < -0.4 is 4.74 Å². The summed E-state index contributed by atoms with van der Waals surface area (Å²) in [6.07, 6.45) is -6.16. The second-order valence-corrected chi connectivity index (χ2v) is 6.78. The number of esters is 1. The third-order valence-electron chi connectivity index (χ3n) is 4.11. The van der Waals surface area contributed by atoms with Crippen LogP contribution in [0.1, 0.15) is 29.2 Å². The van der Waals surface area contributed by atoms with Crippen LogP contribution in [-0.4, -0.2) is 24.9 Å². The van der Waals surface area contributed by atoms with Crippen molar-refractivity contribution < 1.29 is 27.4 Å². The molecule has 150 valence electrons. The first kappa shape index (κ1) is 20.8. The van der Waals surface area contributed by atoms with Gasteiger partial charge >= 0.3 is 12.1 Å². The number of aryl methyl sites for hydroxylation is 1. The normalized spacial score (nSPS) is 15.4. The first-order valence-electron chi connectivity index (χ1n) is 8.73. The van der Waals surface area contributed by atoms with E-state index in [1.54, 1.807) is 12.1 Å². The molecule has 1 aliphatic rings. The number of fused-ring (bicyclic) bond motifs is 1. The van der Waals surface area contributed by atoms with Gasteiger partial charge in [0.25, 0.3) is 0 Å². The summed E-state index contributed by atoms with van der Waals surface area (Å²) in [5.74, 6) is 4.54. The van der Waals surface area contributed by atoms with Crippen LogP contribution in [0, 0.1) is 18.8 Å². The predicted octanol–water partition coefficient (Wildman–Crippen LogP) is 5.32. The van der Waals surface area contributed by atoms with Crippen LogP contribution in [0.5, 0.6) is 5.75 Å². The van der Waals surface area contributed by atoms with Crippen molar-refractivity contribution >= 4 is 23.6 Å². The second kappa shape index (κ2) is 8.22. The van der Waals surface area contributed by atoms with Gasteiger partial charge in [0.2, 0.25) is 6.10 Å². The molecule has 0 aromatic heterocycles. The Morgan fingerprint density at radius 1 is 1.21 bits per heavy atom. The fraction of sp³-hybridized carbons (Fsp3) is 0.227. The molecular formula is C22H16ClF3O3. The number of hydrogen-bond donors (Lipinski definition) is 0. The zero-order chi connectivity index (χ0) is 21.2. The minimum Gasteiger partial charge on any atom is -0.474 e. The Balaban J connectivity index is 2.09. The van der Waals surface area contributed by atoms with Crippen LogP contribution in [0.2, 0.25) is 5.02 Å². The highest BCUT2D eigenvalue weighted by Gasteiger charge is 2.49. The molecule has 1 atom stereocenters. The minimum absolute atomic E-state index is 0.0591. The van der Waals surface area contributed by atoms with Gasteiger partial charge in [-0.1, -0.05) is 41.1 Å². The number of benzene rings is 2. The number of ether oxygens (including phenoxy) is 2. The first-order chi connectivity index (χ1) is 13.7. The van der Waals surface area contributed by atoms with Crippen molar-refractivity contribution in [2.45, 2.75) is 26.1 Å². The summed E-state index contributed by atoms with van der Waals surface area (Å²) < 4.78 is 50.6. The Bertz CT molecular complexity index is 1030. The van der Waals surface area contributed by atoms with Crippen LogP contribution in [0.15, 0.2) is 42.0 Å². The van der Waals surface area contributed by atoms with Crippen LogP contribution in [-0.2, 0) is 9.53 Å². The van der Waals surface area contributed by atoms with Crippen LogP contribution >= 0.6 is 11.6 Å². The standard InChI is InChI=1S/C22H16ClF3O3/c1-3-28-21(27)18-12-16-11-17(23)10-15(19(16)29-20(18)22(24,25)26)9-8-14-6-4-13(2)5-7-14/h4-7,10-12,20H,3H2,1-2H3. The summed E-state index contributed by atoms with van der Waals surface area (Å²) in [5, 5.41) is 0.255. The minimum atomic E-state index is -4.81. The zero-order valence-electron chi connectivity index (χ0n) is 15.6. The lowest BCUT2D eigenvalue weighted by Gasteiger charge is -2.28. The summed E-state index contributed by atoms with van der Waals surface area (Å²) in [5.41, 5.74) is 1.54. The molecule has 0 amide bonds. The van der Waals surface area contributed by atoms with Crippen molar-refractivity contribution in [2.75, 3.05) is 6.61 Å². The number of rotatable bonds is 2. The highest BCUT2D eigenvalue weighted by molar-refractivity contribution is 6.31. The quantitative estimate of drug-likeness (QED) is 0.487. The summed E-state index contributed by atoms with van der Waals surface area (Å²) >= 11 is 6.11. The summed E-state index contributed by atoms with van der Waals surface area (Å²) in [6, 6.07) is 10.2. The third-order valence-corrected chi connectivity index (χ3v) is 4.33. The van der Waals surface area contributed by atoms with Crippen molar-refractivity contribution in [3.05, 3.63) is 69.2 Å². The largest absolute Gasteiger partial charge is 0.474 e. The van der Waals surface area contributed by atoms with E-state index in [0.717, 1.165) is 11.6 Å². The first-order valence-corrected chi connectivity index (χ1v) is 9.11. The van der Waals surface area contributed by atoms with Gasteiger partial charge in [0.1, 0.15) is 5.75 Å². The van der Waals surface area contributed by atoms with Gasteiger partial charge in [-0.2, -0.15) is 13.2 Å². The summed E-state index contributed by atoms with van der Waals surface area (Å²) in [7, 11) is 0. The maximum absolute atomic E-state index is 13.5. The lowest BCUT2D eigenvalue weighted by molar-refractivity contribution is -0.187. The van der Waals surface area contributed by atoms with Crippen molar-refractivity contribution in [2.24, 2.45) is 0 Å². The molecule has 0 radical (unpaired) electrons. The van der Waals surface area contributed by atoms with E-state index in [9.17, 15) is 18.0 Å². The van der Waals surface area contributed by atoms with Gasteiger partial charge in [-0.15, -0.1) is 0 Å². The van der Waals surface area contributed by atoms with E-state index in [4.69, 9.17) is 21.1 Å². The molecule has 0 spiro atoms. The topological polar surface area (TPSA) is 35.5 Å². The Kier molecular flexibility index (Phi) is 5.90. The molecule has 3 nitrogen and oxygen atoms in total. The summed E-state index contributed by atoms with van der Waals surface area (Å²) in [4.78, 5) is 12.0. The number of carbonyl (C=O) groups is 1. The second-order valence-electron chi connectivity index (χ2n) is 6.35. The number of hydrogen-bond acceptors (Lipinski definition) is 3. The van der Waals surface area contributed by atoms with Crippen molar-refractivity contribution in [1.29, 1.82) is 0 Å². The van der Waals surface area contributed by atoms with E-state index < -0.39 is 23.8 Å². The van der Waals surface area contributed by atoms with E-state index >= 15 is 0 Å². The molecule has 0 saturated heterocycles. The monoisotopic (exact) mass is 420 g/mol. The maximum Gasteiger partial charge on any atom is 0.430 e. The lowest BCUT2D eigenvalue weighted by Crippen LogP contribution is -2.41. The molecule has 1 heterocycles. The smallest absolute Gasteiger partial charge is 0.430 e. The van der Waals surface area contributed by atoms with Gasteiger partial charge in [0, 0.05) is 16.1 Å². The molecule has 0 saturated carbocycles. The number of alkyl halides is 3. The Labute approximate surface area is 171 Å². The van der Waals surface area contributed by atoms with Gasteiger partial charge in [-0.3, -0.25) is 0 Å². The fourth-order valence-electron chi connectivity index (χ4n) is 2.77. The van der Waals surface area contributed by atoms with E-state index in [0.29, 0.717) is 5.56 Å². The average molecular weight is 421 g/mol. The number of carbonyl (C=O) groups excluding carboxylic acids is 1. The van der Waals surface area contributed by atoms with Gasteiger partial charge in [-0.05, 0) is 44.2 Å². The van der Waals surface area contributed by atoms with E-state index in [-0.39, 0.29) is 28.5 Å². The molecule has 2 aromatic carbocycles. The highest BCUT2D eigenvalue weighted by Crippen LogP contribution is 2.40. The van der Waals surface area contributed by atoms with Gasteiger partial charge < -0.3 is 9.47 Å². The molecule has 0 fully saturated rings. The molecule has 0 bridgehead atoms.